The van der Waals surface area contributed by atoms with E-state index in [4.69, 9.17) is 5.84 Å². The molecule has 0 aliphatic heterocycles. The molecule has 54 valence electrons. The number of hydrazine groups is 1. The van der Waals surface area contributed by atoms with Gasteiger partial charge in [0, 0.05) is 6.04 Å². The van der Waals surface area contributed by atoms with E-state index < -0.39 is 0 Å². The van der Waals surface area contributed by atoms with E-state index in [-0.39, 0.29) is 12.1 Å². The number of nitrogens with two attached hydrogens (primary N) is 1. The largest absolute Gasteiger partial charge is 0.391 e. The first-order valence-electron chi connectivity index (χ1n) is 3.49. The minimum Gasteiger partial charge on any atom is -0.391 e. The zero-order valence-corrected chi connectivity index (χ0v) is 5.51. The highest BCUT2D eigenvalue weighted by Crippen LogP contribution is 2.17. The van der Waals surface area contributed by atoms with Crippen LogP contribution in [-0.2, 0) is 0 Å². The molecule has 3 nitrogen and oxygen atoms in total. The number of aliphatic hydroxyl groups is 1. The molecule has 1 aliphatic carbocycles. The summed E-state index contributed by atoms with van der Waals surface area (Å²) in [5.74, 6) is 5.18. The van der Waals surface area contributed by atoms with E-state index in [0.29, 0.717) is 0 Å². The van der Waals surface area contributed by atoms with Gasteiger partial charge in [0.2, 0.25) is 0 Å². The molecule has 0 radical (unpaired) electrons. The monoisotopic (exact) mass is 130 g/mol. The molecule has 1 rings (SSSR count). The molecule has 4 N–H and O–H groups in total. The van der Waals surface area contributed by atoms with Crippen molar-refractivity contribution in [2.24, 2.45) is 5.84 Å². The Labute approximate surface area is 55.2 Å². The Kier molecular flexibility index (Phi) is 2.45. The SMILES string of the molecule is NN[C@@H]1CCCC[C@H]1O. The van der Waals surface area contributed by atoms with Gasteiger partial charge in [-0.15, -0.1) is 0 Å². The molecule has 2 atom stereocenters. The van der Waals surface area contributed by atoms with Crippen LogP contribution in [0, 0.1) is 0 Å². The van der Waals surface area contributed by atoms with Crippen LogP contribution >= 0.6 is 0 Å². The number of nitrogens with one attached hydrogen (secondary N) is 1. The Morgan fingerprint density at radius 3 is 2.44 bits per heavy atom. The van der Waals surface area contributed by atoms with Crippen molar-refractivity contribution in [2.75, 3.05) is 0 Å². The molecular weight excluding hydrogens is 116 g/mol. The van der Waals surface area contributed by atoms with E-state index in [9.17, 15) is 5.11 Å². The van der Waals surface area contributed by atoms with Crippen LogP contribution in [0.1, 0.15) is 25.7 Å². The van der Waals surface area contributed by atoms with Gasteiger partial charge in [-0.3, -0.25) is 11.3 Å². The third-order valence-electron chi connectivity index (χ3n) is 1.94. The minimum absolute atomic E-state index is 0.138. The van der Waals surface area contributed by atoms with Gasteiger partial charge in [0.1, 0.15) is 0 Å². The zero-order valence-electron chi connectivity index (χ0n) is 5.51. The molecule has 0 spiro atoms. The van der Waals surface area contributed by atoms with Gasteiger partial charge in [-0.25, -0.2) is 0 Å². The van der Waals surface area contributed by atoms with Crippen molar-refractivity contribution >= 4 is 0 Å². The maximum Gasteiger partial charge on any atom is 0.0706 e. The smallest absolute Gasteiger partial charge is 0.0706 e. The van der Waals surface area contributed by atoms with E-state index in [1.165, 1.54) is 6.42 Å². The average Bonchev–Trinajstić information content (AvgIpc) is 1.89. The Balaban J connectivity index is 2.30. The fourth-order valence-corrected chi connectivity index (χ4v) is 1.31. The van der Waals surface area contributed by atoms with Crippen LogP contribution in [0.4, 0.5) is 0 Å². The Morgan fingerprint density at radius 1 is 1.33 bits per heavy atom. The fourth-order valence-electron chi connectivity index (χ4n) is 1.31. The molecule has 1 fully saturated rings. The summed E-state index contributed by atoms with van der Waals surface area (Å²) in [5, 5.41) is 9.23. The maximum absolute atomic E-state index is 9.23. The van der Waals surface area contributed by atoms with Gasteiger partial charge in [0.15, 0.2) is 0 Å². The minimum atomic E-state index is -0.219. The van der Waals surface area contributed by atoms with Crippen molar-refractivity contribution in [3.05, 3.63) is 0 Å². The van der Waals surface area contributed by atoms with Gasteiger partial charge in [0.05, 0.1) is 6.10 Å². The molecule has 0 unspecified atom stereocenters. The van der Waals surface area contributed by atoms with Gasteiger partial charge in [-0.2, -0.15) is 0 Å². The number of aliphatic hydroxyl groups excluding tert-OH is 1. The number of rotatable bonds is 1. The van der Waals surface area contributed by atoms with Crippen molar-refractivity contribution in [1.29, 1.82) is 0 Å². The first-order chi connectivity index (χ1) is 4.34. The number of hydrogen-bond acceptors (Lipinski definition) is 3. The highest BCUT2D eigenvalue weighted by atomic mass is 16.3. The quantitative estimate of drug-likeness (QED) is 0.339. The van der Waals surface area contributed by atoms with Crippen molar-refractivity contribution < 1.29 is 5.11 Å². The third kappa shape index (κ3) is 1.64. The van der Waals surface area contributed by atoms with E-state index in [0.717, 1.165) is 19.3 Å². The van der Waals surface area contributed by atoms with Gasteiger partial charge >= 0.3 is 0 Å². The fraction of sp³-hybridized carbons (Fsp3) is 1.00. The average molecular weight is 130 g/mol. The highest BCUT2D eigenvalue weighted by Gasteiger charge is 2.20. The van der Waals surface area contributed by atoms with E-state index in [2.05, 4.69) is 5.43 Å². The molecule has 0 heterocycles. The predicted molar refractivity (Wildman–Crippen MR) is 35.6 cm³/mol. The molecular formula is C6H14N2O. The van der Waals surface area contributed by atoms with Crippen LogP contribution in [0.15, 0.2) is 0 Å². The summed E-state index contributed by atoms with van der Waals surface area (Å²) in [5.41, 5.74) is 2.60. The molecule has 0 bridgehead atoms. The lowest BCUT2D eigenvalue weighted by molar-refractivity contribution is 0.0913. The molecule has 1 aliphatic rings. The van der Waals surface area contributed by atoms with Gasteiger partial charge in [-0.05, 0) is 12.8 Å². The summed E-state index contributed by atoms with van der Waals surface area (Å²) in [7, 11) is 0. The number of hydrogen-bond donors (Lipinski definition) is 3. The Bertz CT molecular complexity index is 87.1. The van der Waals surface area contributed by atoms with Crippen molar-refractivity contribution in [3.63, 3.8) is 0 Å². The van der Waals surface area contributed by atoms with Crippen LogP contribution in [0.5, 0.6) is 0 Å². The van der Waals surface area contributed by atoms with Crippen LogP contribution < -0.4 is 11.3 Å². The van der Waals surface area contributed by atoms with E-state index >= 15 is 0 Å². The van der Waals surface area contributed by atoms with Crippen LogP contribution in [0.3, 0.4) is 0 Å². The van der Waals surface area contributed by atoms with Gasteiger partial charge in [-0.1, -0.05) is 12.8 Å². The topological polar surface area (TPSA) is 58.3 Å². The molecule has 0 aromatic heterocycles. The molecule has 3 heteroatoms. The lowest BCUT2D eigenvalue weighted by atomic mass is 9.93. The normalized spacial score (nSPS) is 36.7. The second-order valence-corrected chi connectivity index (χ2v) is 2.62. The lowest BCUT2D eigenvalue weighted by Crippen LogP contribution is -2.45. The highest BCUT2D eigenvalue weighted by molar-refractivity contribution is 4.77. The summed E-state index contributed by atoms with van der Waals surface area (Å²) in [6, 6.07) is 0.138. The summed E-state index contributed by atoms with van der Waals surface area (Å²) in [6.45, 7) is 0. The maximum atomic E-state index is 9.23. The van der Waals surface area contributed by atoms with Crippen LogP contribution in [-0.4, -0.2) is 17.3 Å². The predicted octanol–water partition coefficient (Wildman–Crippen LogP) is -0.247. The first kappa shape index (κ1) is 6.99. The van der Waals surface area contributed by atoms with Crippen LogP contribution in [0.25, 0.3) is 0 Å². The second kappa shape index (κ2) is 3.15. The molecule has 9 heavy (non-hydrogen) atoms. The lowest BCUT2D eigenvalue weighted by Gasteiger charge is -2.26. The third-order valence-corrected chi connectivity index (χ3v) is 1.94. The van der Waals surface area contributed by atoms with E-state index in [1.54, 1.807) is 0 Å². The summed E-state index contributed by atoms with van der Waals surface area (Å²) < 4.78 is 0. The second-order valence-electron chi connectivity index (χ2n) is 2.62. The summed E-state index contributed by atoms with van der Waals surface area (Å²) in [4.78, 5) is 0. The van der Waals surface area contributed by atoms with Crippen molar-refractivity contribution in [2.45, 2.75) is 37.8 Å². The van der Waals surface area contributed by atoms with Crippen LogP contribution in [0.2, 0.25) is 0 Å². The summed E-state index contributed by atoms with van der Waals surface area (Å²) >= 11 is 0. The molecule has 0 amide bonds. The van der Waals surface area contributed by atoms with Crippen molar-refractivity contribution in [1.82, 2.24) is 5.43 Å². The van der Waals surface area contributed by atoms with Gasteiger partial charge < -0.3 is 5.11 Å². The Hall–Kier alpha value is -0.120. The zero-order chi connectivity index (χ0) is 6.69. The molecule has 1 saturated carbocycles. The van der Waals surface area contributed by atoms with Crippen molar-refractivity contribution in [3.8, 4) is 0 Å². The summed E-state index contributed by atoms with van der Waals surface area (Å²) in [6.07, 6.45) is 4.02. The van der Waals surface area contributed by atoms with Gasteiger partial charge in [0.25, 0.3) is 0 Å². The standard InChI is InChI=1S/C6H14N2O/c7-8-5-3-1-2-4-6(5)9/h5-6,8-9H,1-4,7H2/t5-,6-/m1/s1. The molecule has 0 aromatic carbocycles. The molecule has 0 aromatic rings. The Morgan fingerprint density at radius 2 is 2.00 bits per heavy atom. The first-order valence-corrected chi connectivity index (χ1v) is 3.49. The van der Waals surface area contributed by atoms with E-state index in [1.807, 2.05) is 0 Å². The molecule has 0 saturated heterocycles.